The summed E-state index contributed by atoms with van der Waals surface area (Å²) in [5, 5.41) is 6.13. The summed E-state index contributed by atoms with van der Waals surface area (Å²) in [4.78, 5) is 11.4. The third-order valence-corrected chi connectivity index (χ3v) is 2.97. The monoisotopic (exact) mass is 314 g/mol. The summed E-state index contributed by atoms with van der Waals surface area (Å²) in [5.41, 5.74) is 0. The van der Waals surface area contributed by atoms with Crippen LogP contribution in [0.3, 0.4) is 0 Å². The normalized spacial score (nSPS) is 10.2. The molecule has 0 fully saturated rings. The molecule has 0 heterocycles. The number of carbonyl (C=O) groups excluding carboxylic acids is 1. The molecule has 2 N–H and O–H groups in total. The first kappa shape index (κ1) is 17.6. The topological polar surface area (TPSA) is 59.6 Å². The molecule has 118 valence electrons. The van der Waals surface area contributed by atoms with E-state index in [1.807, 2.05) is 25.1 Å². The van der Waals surface area contributed by atoms with Gasteiger partial charge >= 0.3 is 6.03 Å². The maximum atomic E-state index is 11.4. The number of para-hydroxylation sites is 1. The van der Waals surface area contributed by atoms with Crippen molar-refractivity contribution in [1.82, 2.24) is 10.6 Å². The Morgan fingerprint density at radius 1 is 1.14 bits per heavy atom. The van der Waals surface area contributed by atoms with Crippen LogP contribution in [0, 0.1) is 0 Å². The molecule has 0 bridgehead atoms. The molecule has 0 aliphatic heterocycles. The van der Waals surface area contributed by atoms with E-state index in [0.29, 0.717) is 43.7 Å². The van der Waals surface area contributed by atoms with Crippen LogP contribution in [0.4, 0.5) is 4.79 Å². The second kappa shape index (κ2) is 11.2. The van der Waals surface area contributed by atoms with Gasteiger partial charge in [-0.15, -0.1) is 0 Å². The Bertz CT molecular complexity index is 416. The van der Waals surface area contributed by atoms with Crippen molar-refractivity contribution in [2.45, 2.75) is 19.8 Å². The number of urea groups is 1. The van der Waals surface area contributed by atoms with E-state index in [4.69, 9.17) is 21.1 Å². The van der Waals surface area contributed by atoms with Gasteiger partial charge in [0.15, 0.2) is 0 Å². The first-order valence-corrected chi connectivity index (χ1v) is 7.58. The molecule has 0 atom stereocenters. The maximum absolute atomic E-state index is 11.4. The Balaban J connectivity index is 1.99. The Morgan fingerprint density at radius 3 is 2.48 bits per heavy atom. The molecule has 0 unspecified atom stereocenters. The van der Waals surface area contributed by atoms with E-state index in [1.165, 1.54) is 0 Å². The number of carbonyl (C=O) groups is 1. The van der Waals surface area contributed by atoms with E-state index in [0.717, 1.165) is 12.8 Å². The zero-order valence-electron chi connectivity index (χ0n) is 12.4. The quantitative estimate of drug-likeness (QED) is 0.653. The van der Waals surface area contributed by atoms with Gasteiger partial charge in [-0.25, -0.2) is 4.79 Å². The van der Waals surface area contributed by atoms with E-state index in [1.54, 1.807) is 6.07 Å². The fraction of sp³-hybridized carbons (Fsp3) is 0.533. The van der Waals surface area contributed by atoms with Crippen molar-refractivity contribution in [3.05, 3.63) is 29.3 Å². The lowest BCUT2D eigenvalue weighted by molar-refractivity contribution is 0.145. The van der Waals surface area contributed by atoms with Crippen molar-refractivity contribution >= 4 is 17.6 Å². The second-order valence-corrected chi connectivity index (χ2v) is 4.77. The van der Waals surface area contributed by atoms with Crippen LogP contribution in [0.2, 0.25) is 5.02 Å². The Morgan fingerprint density at radius 2 is 1.81 bits per heavy atom. The van der Waals surface area contributed by atoms with Crippen LogP contribution < -0.4 is 15.4 Å². The summed E-state index contributed by atoms with van der Waals surface area (Å²) < 4.78 is 10.7. The third-order valence-electron chi connectivity index (χ3n) is 2.66. The predicted molar refractivity (Wildman–Crippen MR) is 84.1 cm³/mol. The summed E-state index contributed by atoms with van der Waals surface area (Å²) in [6.07, 6.45) is 1.54. The summed E-state index contributed by atoms with van der Waals surface area (Å²) in [6.45, 7) is 5.00. The molecule has 21 heavy (non-hydrogen) atoms. The van der Waals surface area contributed by atoms with Crippen molar-refractivity contribution in [2.24, 2.45) is 0 Å². The van der Waals surface area contributed by atoms with Gasteiger partial charge in [0.1, 0.15) is 5.75 Å². The molecule has 0 aliphatic rings. The lowest BCUT2D eigenvalue weighted by atomic mass is 10.3. The van der Waals surface area contributed by atoms with Crippen LogP contribution in [-0.4, -0.2) is 38.9 Å². The van der Waals surface area contributed by atoms with Gasteiger partial charge in [0.05, 0.1) is 11.6 Å². The smallest absolute Gasteiger partial charge is 0.314 e. The Kier molecular flexibility index (Phi) is 9.40. The molecule has 0 aliphatic carbocycles. The molecule has 5 nitrogen and oxygen atoms in total. The molecule has 0 spiro atoms. The van der Waals surface area contributed by atoms with Crippen molar-refractivity contribution in [1.29, 1.82) is 0 Å². The van der Waals surface area contributed by atoms with Gasteiger partial charge in [0.25, 0.3) is 0 Å². The number of hydrogen-bond donors (Lipinski definition) is 2. The van der Waals surface area contributed by atoms with Crippen LogP contribution in [-0.2, 0) is 4.74 Å². The van der Waals surface area contributed by atoms with E-state index in [-0.39, 0.29) is 6.03 Å². The van der Waals surface area contributed by atoms with Gasteiger partial charge in [0, 0.05) is 26.3 Å². The minimum Gasteiger partial charge on any atom is -0.492 e. The van der Waals surface area contributed by atoms with Gasteiger partial charge in [-0.3, -0.25) is 0 Å². The summed E-state index contributed by atoms with van der Waals surface area (Å²) in [7, 11) is 0. The summed E-state index contributed by atoms with van der Waals surface area (Å²) >= 11 is 5.97. The van der Waals surface area contributed by atoms with Crippen molar-refractivity contribution < 1.29 is 14.3 Å². The molecule has 0 saturated carbocycles. The number of halogens is 1. The molecule has 1 aromatic rings. The number of hydrogen-bond acceptors (Lipinski definition) is 3. The van der Waals surface area contributed by atoms with Gasteiger partial charge < -0.3 is 20.1 Å². The maximum Gasteiger partial charge on any atom is 0.314 e. The number of benzene rings is 1. The van der Waals surface area contributed by atoms with Crippen LogP contribution in [0.1, 0.15) is 19.8 Å². The SMILES string of the molecule is CCOCCCNC(=O)NCCCOc1ccccc1Cl. The molecular formula is C15H23ClN2O3. The molecule has 1 rings (SSSR count). The minimum atomic E-state index is -0.163. The fourth-order valence-corrected chi connectivity index (χ4v) is 1.79. The minimum absolute atomic E-state index is 0.163. The van der Waals surface area contributed by atoms with Crippen molar-refractivity contribution in [3.63, 3.8) is 0 Å². The highest BCUT2D eigenvalue weighted by Crippen LogP contribution is 2.22. The zero-order valence-corrected chi connectivity index (χ0v) is 13.1. The standard InChI is InChI=1S/C15H23ClN2O3/c1-2-20-11-5-9-17-15(19)18-10-6-12-21-14-8-4-3-7-13(14)16/h3-4,7-8H,2,5-6,9-12H2,1H3,(H2,17,18,19). The number of rotatable bonds is 10. The summed E-state index contributed by atoms with van der Waals surface area (Å²) in [5.74, 6) is 0.666. The highest BCUT2D eigenvalue weighted by Gasteiger charge is 2.01. The van der Waals surface area contributed by atoms with Gasteiger partial charge in [-0.05, 0) is 31.9 Å². The molecule has 2 amide bonds. The van der Waals surface area contributed by atoms with E-state index in [9.17, 15) is 4.79 Å². The zero-order chi connectivity index (χ0) is 15.3. The highest BCUT2D eigenvalue weighted by molar-refractivity contribution is 6.32. The average Bonchev–Trinajstić information content (AvgIpc) is 2.48. The van der Waals surface area contributed by atoms with E-state index >= 15 is 0 Å². The largest absolute Gasteiger partial charge is 0.492 e. The lowest BCUT2D eigenvalue weighted by Crippen LogP contribution is -2.37. The number of nitrogens with one attached hydrogen (secondary N) is 2. The van der Waals surface area contributed by atoms with Crippen LogP contribution in [0.5, 0.6) is 5.75 Å². The van der Waals surface area contributed by atoms with Crippen molar-refractivity contribution in [2.75, 3.05) is 32.9 Å². The predicted octanol–water partition coefficient (Wildman–Crippen LogP) is 2.83. The molecule has 0 saturated heterocycles. The van der Waals surface area contributed by atoms with Gasteiger partial charge in [-0.1, -0.05) is 23.7 Å². The fourth-order valence-electron chi connectivity index (χ4n) is 1.60. The first-order valence-electron chi connectivity index (χ1n) is 7.20. The average molecular weight is 315 g/mol. The Labute approximate surface area is 131 Å². The van der Waals surface area contributed by atoms with E-state index < -0.39 is 0 Å². The van der Waals surface area contributed by atoms with Gasteiger partial charge in [0.2, 0.25) is 0 Å². The first-order chi connectivity index (χ1) is 10.2. The van der Waals surface area contributed by atoms with Crippen molar-refractivity contribution in [3.8, 4) is 5.75 Å². The van der Waals surface area contributed by atoms with Crippen LogP contribution >= 0.6 is 11.6 Å². The molecule has 6 heteroatoms. The van der Waals surface area contributed by atoms with E-state index in [2.05, 4.69) is 10.6 Å². The van der Waals surface area contributed by atoms with Crippen LogP contribution in [0.15, 0.2) is 24.3 Å². The highest BCUT2D eigenvalue weighted by atomic mass is 35.5. The molecule has 1 aromatic carbocycles. The molecular weight excluding hydrogens is 292 g/mol. The second-order valence-electron chi connectivity index (χ2n) is 4.37. The van der Waals surface area contributed by atoms with Crippen LogP contribution in [0.25, 0.3) is 0 Å². The number of ether oxygens (including phenoxy) is 2. The third kappa shape index (κ3) is 8.42. The molecule has 0 radical (unpaired) electrons. The number of amides is 2. The Hall–Kier alpha value is -1.46. The van der Waals surface area contributed by atoms with Gasteiger partial charge in [-0.2, -0.15) is 0 Å². The molecule has 0 aromatic heterocycles. The lowest BCUT2D eigenvalue weighted by Gasteiger charge is -2.09. The summed E-state index contributed by atoms with van der Waals surface area (Å²) in [6, 6.07) is 7.16.